The van der Waals surface area contributed by atoms with Gasteiger partial charge in [-0.1, -0.05) is 0 Å². The molecule has 0 aliphatic carbocycles. The van der Waals surface area contributed by atoms with Gasteiger partial charge >= 0.3 is 12.1 Å². The lowest BCUT2D eigenvalue weighted by atomic mass is 9.94. The first-order valence-corrected chi connectivity index (χ1v) is 6.61. The van der Waals surface area contributed by atoms with Crippen molar-refractivity contribution in [1.82, 2.24) is 10.2 Å². The zero-order valence-corrected chi connectivity index (χ0v) is 12.8. The highest BCUT2D eigenvalue weighted by molar-refractivity contribution is 5.80. The third-order valence-corrected chi connectivity index (χ3v) is 2.91. The van der Waals surface area contributed by atoms with Gasteiger partial charge in [0.25, 0.3) is 0 Å². The maximum atomic E-state index is 12.2. The number of alkyl halides is 3. The molecule has 0 saturated carbocycles. The number of ether oxygens (including phenoxy) is 1. The molecule has 0 fully saturated rings. The van der Waals surface area contributed by atoms with Gasteiger partial charge < -0.3 is 4.74 Å². The number of nitrogens with zero attached hydrogens (tertiary/aromatic N) is 1. The lowest BCUT2D eigenvalue weighted by Crippen LogP contribution is -2.53. The topological polar surface area (TPSA) is 41.6 Å². The van der Waals surface area contributed by atoms with Gasteiger partial charge in [0.1, 0.15) is 5.54 Å². The van der Waals surface area contributed by atoms with Crippen molar-refractivity contribution in [2.45, 2.75) is 51.4 Å². The molecule has 1 unspecified atom stereocenters. The van der Waals surface area contributed by atoms with Crippen molar-refractivity contribution in [3.63, 3.8) is 0 Å². The normalized spacial score (nSPS) is 15.5. The summed E-state index contributed by atoms with van der Waals surface area (Å²) in [7, 11) is 2.72. The van der Waals surface area contributed by atoms with Crippen molar-refractivity contribution in [2.75, 3.05) is 27.2 Å². The number of rotatable bonds is 8. The molecule has 120 valence electrons. The number of halogens is 3. The Morgan fingerprint density at radius 1 is 1.35 bits per heavy atom. The summed E-state index contributed by atoms with van der Waals surface area (Å²) in [6.45, 7) is 4.84. The van der Waals surface area contributed by atoms with E-state index in [4.69, 9.17) is 4.74 Å². The maximum Gasteiger partial charge on any atom is 0.401 e. The van der Waals surface area contributed by atoms with Gasteiger partial charge in [0, 0.05) is 6.04 Å². The van der Waals surface area contributed by atoms with E-state index >= 15 is 0 Å². The van der Waals surface area contributed by atoms with Crippen molar-refractivity contribution in [1.29, 1.82) is 0 Å². The average molecular weight is 298 g/mol. The van der Waals surface area contributed by atoms with Crippen LogP contribution in [-0.4, -0.2) is 55.9 Å². The fraction of sp³-hybridized carbons (Fsp3) is 0.923. The van der Waals surface area contributed by atoms with Gasteiger partial charge in [0.05, 0.1) is 13.7 Å². The highest BCUT2D eigenvalue weighted by Crippen LogP contribution is 2.18. The van der Waals surface area contributed by atoms with E-state index < -0.39 is 24.2 Å². The number of hydrogen-bond donors (Lipinski definition) is 1. The molecule has 0 aliphatic rings. The van der Waals surface area contributed by atoms with E-state index in [1.165, 1.54) is 19.1 Å². The minimum absolute atomic E-state index is 0.0759. The summed E-state index contributed by atoms with van der Waals surface area (Å²) >= 11 is 0. The van der Waals surface area contributed by atoms with Gasteiger partial charge in [0.2, 0.25) is 0 Å². The molecule has 0 heterocycles. The molecule has 0 rings (SSSR count). The molecule has 0 saturated heterocycles. The molecule has 0 radical (unpaired) electrons. The monoisotopic (exact) mass is 298 g/mol. The Labute approximate surface area is 118 Å². The summed E-state index contributed by atoms with van der Waals surface area (Å²) in [5.74, 6) is -0.398. The van der Waals surface area contributed by atoms with Crippen molar-refractivity contribution in [3.8, 4) is 0 Å². The molecule has 0 aromatic carbocycles. The minimum atomic E-state index is -4.20. The Morgan fingerprint density at radius 2 is 1.90 bits per heavy atom. The molecule has 4 nitrogen and oxygen atoms in total. The maximum absolute atomic E-state index is 12.2. The quantitative estimate of drug-likeness (QED) is 0.698. The van der Waals surface area contributed by atoms with E-state index in [1.807, 2.05) is 13.8 Å². The Hall–Kier alpha value is -0.820. The van der Waals surface area contributed by atoms with E-state index in [0.717, 1.165) is 0 Å². The molecular weight excluding hydrogens is 273 g/mol. The van der Waals surface area contributed by atoms with Crippen LogP contribution in [0.5, 0.6) is 0 Å². The second kappa shape index (κ2) is 7.83. The molecule has 0 amide bonds. The van der Waals surface area contributed by atoms with Crippen LogP contribution in [0.1, 0.15) is 33.6 Å². The molecule has 0 bridgehead atoms. The lowest BCUT2D eigenvalue weighted by molar-refractivity contribution is -0.149. The first-order chi connectivity index (χ1) is 9.00. The Kier molecular flexibility index (Phi) is 7.51. The zero-order chi connectivity index (χ0) is 16.0. The van der Waals surface area contributed by atoms with Crippen molar-refractivity contribution in [2.24, 2.45) is 0 Å². The van der Waals surface area contributed by atoms with Gasteiger partial charge in [-0.15, -0.1) is 0 Å². The molecule has 0 aromatic heterocycles. The van der Waals surface area contributed by atoms with Crippen molar-refractivity contribution in [3.05, 3.63) is 0 Å². The average Bonchev–Trinajstić information content (AvgIpc) is 2.24. The van der Waals surface area contributed by atoms with Gasteiger partial charge in [-0.05, 0) is 47.2 Å². The summed E-state index contributed by atoms with van der Waals surface area (Å²) in [5.41, 5.74) is -0.873. The second-order valence-electron chi connectivity index (χ2n) is 5.58. The predicted octanol–water partition coefficient (Wildman–Crippen LogP) is 2.19. The fourth-order valence-electron chi connectivity index (χ4n) is 2.18. The van der Waals surface area contributed by atoms with E-state index in [-0.39, 0.29) is 12.6 Å². The molecular formula is C13H25F3N2O2. The molecule has 7 heteroatoms. The summed E-state index contributed by atoms with van der Waals surface area (Å²) < 4.78 is 41.3. The highest BCUT2D eigenvalue weighted by atomic mass is 19.4. The van der Waals surface area contributed by atoms with Crippen LogP contribution in [0.15, 0.2) is 0 Å². The first kappa shape index (κ1) is 19.2. The fourth-order valence-corrected chi connectivity index (χ4v) is 2.18. The number of methoxy groups -OCH3 is 1. The Balaban J connectivity index is 4.38. The molecule has 0 spiro atoms. The Morgan fingerprint density at radius 3 is 2.30 bits per heavy atom. The number of hydrogen-bond acceptors (Lipinski definition) is 4. The lowest BCUT2D eigenvalue weighted by Gasteiger charge is -2.31. The predicted molar refractivity (Wildman–Crippen MR) is 71.5 cm³/mol. The molecule has 20 heavy (non-hydrogen) atoms. The SMILES string of the molecule is COC(=O)C(C)(CCCN(C)CC(F)(F)F)NC(C)C. The standard InChI is InChI=1S/C13H25F3N2O2/c1-10(2)17-12(3,11(19)20-5)7-6-8-18(4)9-13(14,15)16/h10,17H,6-9H2,1-5H3. The van der Waals surface area contributed by atoms with Crippen LogP contribution in [-0.2, 0) is 9.53 Å². The molecule has 1 atom stereocenters. The number of carbonyl (C=O) groups excluding carboxylic acids is 1. The number of esters is 1. The summed E-state index contributed by atoms with van der Waals surface area (Å²) in [6, 6.07) is 0.0759. The third kappa shape index (κ3) is 7.69. The number of carbonyl (C=O) groups is 1. The molecule has 0 aliphatic heterocycles. The first-order valence-electron chi connectivity index (χ1n) is 6.61. The van der Waals surface area contributed by atoms with Crippen LogP contribution in [0.2, 0.25) is 0 Å². The van der Waals surface area contributed by atoms with Gasteiger partial charge in [-0.2, -0.15) is 13.2 Å². The van der Waals surface area contributed by atoms with Crippen LogP contribution in [0.3, 0.4) is 0 Å². The van der Waals surface area contributed by atoms with E-state index in [9.17, 15) is 18.0 Å². The van der Waals surface area contributed by atoms with Gasteiger partial charge in [0.15, 0.2) is 0 Å². The number of nitrogens with one attached hydrogen (secondary N) is 1. The third-order valence-electron chi connectivity index (χ3n) is 2.91. The van der Waals surface area contributed by atoms with Crippen LogP contribution < -0.4 is 5.32 Å². The van der Waals surface area contributed by atoms with Gasteiger partial charge in [-0.25, -0.2) is 0 Å². The minimum Gasteiger partial charge on any atom is -0.468 e. The zero-order valence-electron chi connectivity index (χ0n) is 12.8. The van der Waals surface area contributed by atoms with E-state index in [1.54, 1.807) is 6.92 Å². The molecule has 0 aromatic rings. The highest BCUT2D eigenvalue weighted by Gasteiger charge is 2.34. The van der Waals surface area contributed by atoms with Crippen molar-refractivity contribution < 1.29 is 22.7 Å². The van der Waals surface area contributed by atoms with E-state index in [2.05, 4.69) is 5.32 Å². The van der Waals surface area contributed by atoms with Crippen LogP contribution in [0.25, 0.3) is 0 Å². The largest absolute Gasteiger partial charge is 0.468 e. The summed E-state index contributed by atoms with van der Waals surface area (Å²) in [6.07, 6.45) is -3.31. The molecule has 1 N–H and O–H groups in total. The second-order valence-corrected chi connectivity index (χ2v) is 5.58. The van der Waals surface area contributed by atoms with Crippen molar-refractivity contribution >= 4 is 5.97 Å². The Bertz CT molecular complexity index is 308. The van der Waals surface area contributed by atoms with Crippen LogP contribution >= 0.6 is 0 Å². The van der Waals surface area contributed by atoms with Crippen LogP contribution in [0.4, 0.5) is 13.2 Å². The van der Waals surface area contributed by atoms with Gasteiger partial charge in [-0.3, -0.25) is 15.0 Å². The van der Waals surface area contributed by atoms with E-state index in [0.29, 0.717) is 12.8 Å². The summed E-state index contributed by atoms with van der Waals surface area (Å²) in [4.78, 5) is 13.0. The smallest absolute Gasteiger partial charge is 0.401 e. The summed E-state index contributed by atoms with van der Waals surface area (Å²) in [5, 5.41) is 3.11. The van der Waals surface area contributed by atoms with Crippen LogP contribution in [0, 0.1) is 0 Å².